The molecule has 0 spiro atoms. The molecule has 2 unspecified atom stereocenters. The van der Waals surface area contributed by atoms with Crippen LogP contribution in [0.4, 0.5) is 0 Å². The molecule has 0 aromatic carbocycles. The molecular weight excluding hydrogens is 176 g/mol. The van der Waals surface area contributed by atoms with Crippen molar-refractivity contribution in [1.29, 1.82) is 0 Å². The monoisotopic (exact) mass is 192 g/mol. The molecule has 0 radical (unpaired) electrons. The van der Waals surface area contributed by atoms with Crippen molar-refractivity contribution in [2.45, 2.75) is 31.3 Å². The lowest BCUT2D eigenvalue weighted by molar-refractivity contribution is 0.604. The molecule has 0 bridgehead atoms. The molecule has 1 rings (SSSR count). The van der Waals surface area contributed by atoms with Crippen molar-refractivity contribution in [3.63, 3.8) is 0 Å². The largest absolute Gasteiger partial charge is 0.258 e. The van der Waals surface area contributed by atoms with E-state index in [-0.39, 0.29) is 0 Å². The van der Waals surface area contributed by atoms with Gasteiger partial charge in [-0.3, -0.25) is 4.21 Å². The Hall–Kier alpha value is 0.500. The molecule has 1 heterocycles. The van der Waals surface area contributed by atoms with Gasteiger partial charge in [0.1, 0.15) is 0 Å². The first kappa shape index (κ1) is 9.59. The van der Waals surface area contributed by atoms with E-state index in [4.69, 9.17) is 0 Å². The zero-order chi connectivity index (χ0) is 8.27. The van der Waals surface area contributed by atoms with Crippen molar-refractivity contribution in [2.24, 2.45) is 5.92 Å². The summed E-state index contributed by atoms with van der Waals surface area (Å²) < 4.78 is 11.9. The topological polar surface area (TPSA) is 17.1 Å². The summed E-state index contributed by atoms with van der Waals surface area (Å²) >= 11 is 1.90. The van der Waals surface area contributed by atoms with E-state index in [9.17, 15) is 4.21 Å². The first-order valence-corrected chi connectivity index (χ1v) is 6.62. The van der Waals surface area contributed by atoms with Crippen LogP contribution in [0, 0.1) is 5.92 Å². The van der Waals surface area contributed by atoms with Crippen LogP contribution in [-0.4, -0.2) is 20.3 Å². The van der Waals surface area contributed by atoms with Crippen LogP contribution >= 0.6 is 11.8 Å². The molecule has 3 heteroatoms. The quantitative estimate of drug-likeness (QED) is 0.667. The normalized spacial score (nSPS) is 32.6. The maximum absolute atomic E-state index is 11.4. The predicted octanol–water partition coefficient (Wildman–Crippen LogP) is 2.24. The fraction of sp³-hybridized carbons (Fsp3) is 1.00. The van der Waals surface area contributed by atoms with Gasteiger partial charge in [0, 0.05) is 16.6 Å². The summed E-state index contributed by atoms with van der Waals surface area (Å²) in [5, 5.41) is 0. The standard InChI is InChI=1S/C8H16OS2/c1-7(2)6-8-10-4-3-5-11(8)9/h7-8H,3-6H2,1-2H3. The molecular formula is C8H16OS2. The van der Waals surface area contributed by atoms with Crippen LogP contribution < -0.4 is 0 Å². The third-order valence-electron chi connectivity index (χ3n) is 1.75. The van der Waals surface area contributed by atoms with Gasteiger partial charge in [-0.2, -0.15) is 0 Å². The van der Waals surface area contributed by atoms with Crippen molar-refractivity contribution in [2.75, 3.05) is 11.5 Å². The van der Waals surface area contributed by atoms with Crippen molar-refractivity contribution in [1.82, 2.24) is 0 Å². The highest BCUT2D eigenvalue weighted by Crippen LogP contribution is 2.27. The minimum absolute atomic E-state index is 0.434. The molecule has 1 aliphatic rings. The highest BCUT2D eigenvalue weighted by molar-refractivity contribution is 8.11. The summed E-state index contributed by atoms with van der Waals surface area (Å²) in [5.41, 5.74) is 0. The van der Waals surface area contributed by atoms with Crippen molar-refractivity contribution < 1.29 is 4.21 Å². The lowest BCUT2D eigenvalue weighted by Gasteiger charge is -2.22. The Labute approximate surface area is 75.8 Å². The maximum Gasteiger partial charge on any atom is 0.0803 e. The third kappa shape index (κ3) is 3.16. The van der Waals surface area contributed by atoms with Crippen LogP contribution in [0.25, 0.3) is 0 Å². The van der Waals surface area contributed by atoms with E-state index in [0.29, 0.717) is 10.5 Å². The molecule has 1 nitrogen and oxygen atoms in total. The van der Waals surface area contributed by atoms with Crippen LogP contribution in [0.15, 0.2) is 0 Å². The average Bonchev–Trinajstić information content (AvgIpc) is 1.93. The van der Waals surface area contributed by atoms with Gasteiger partial charge in [-0.15, -0.1) is 11.8 Å². The van der Waals surface area contributed by atoms with Crippen LogP contribution in [0.2, 0.25) is 0 Å². The second-order valence-corrected chi connectivity index (χ2v) is 6.72. The van der Waals surface area contributed by atoms with Gasteiger partial charge in [-0.1, -0.05) is 13.8 Å². The van der Waals surface area contributed by atoms with Gasteiger partial charge in [0.15, 0.2) is 0 Å². The van der Waals surface area contributed by atoms with E-state index < -0.39 is 10.8 Å². The zero-order valence-electron chi connectivity index (χ0n) is 7.21. The molecule has 1 fully saturated rings. The van der Waals surface area contributed by atoms with E-state index in [1.807, 2.05) is 11.8 Å². The van der Waals surface area contributed by atoms with Gasteiger partial charge in [0.25, 0.3) is 0 Å². The molecule has 0 aliphatic carbocycles. The first-order valence-electron chi connectivity index (χ1n) is 4.19. The van der Waals surface area contributed by atoms with Gasteiger partial charge in [0.05, 0.1) is 4.58 Å². The predicted molar refractivity (Wildman–Crippen MR) is 53.3 cm³/mol. The molecule has 1 saturated heterocycles. The van der Waals surface area contributed by atoms with Crippen LogP contribution in [-0.2, 0) is 10.8 Å². The lowest BCUT2D eigenvalue weighted by atomic mass is 10.2. The Kier molecular flexibility index (Phi) is 3.93. The molecule has 0 N–H and O–H groups in total. The third-order valence-corrected chi connectivity index (χ3v) is 5.36. The maximum atomic E-state index is 11.4. The molecule has 11 heavy (non-hydrogen) atoms. The molecule has 1 aliphatic heterocycles. The Balaban J connectivity index is 2.36. The highest BCUT2D eigenvalue weighted by atomic mass is 32.2. The smallest absolute Gasteiger partial charge is 0.0803 e. The summed E-state index contributed by atoms with van der Waals surface area (Å²) in [4.78, 5) is 0. The zero-order valence-corrected chi connectivity index (χ0v) is 8.84. The molecule has 0 aromatic rings. The van der Waals surface area contributed by atoms with Crippen molar-refractivity contribution >= 4 is 22.6 Å². The molecule has 66 valence electrons. The number of thioether (sulfide) groups is 1. The van der Waals surface area contributed by atoms with E-state index in [2.05, 4.69) is 13.8 Å². The Morgan fingerprint density at radius 2 is 2.36 bits per heavy atom. The summed E-state index contributed by atoms with van der Waals surface area (Å²) in [7, 11) is -0.536. The molecule has 0 amide bonds. The number of hydrogen-bond acceptors (Lipinski definition) is 2. The molecule has 0 aromatic heterocycles. The van der Waals surface area contributed by atoms with E-state index in [1.54, 1.807) is 0 Å². The van der Waals surface area contributed by atoms with Gasteiger partial charge >= 0.3 is 0 Å². The Bertz CT molecular complexity index is 145. The van der Waals surface area contributed by atoms with E-state index in [1.165, 1.54) is 5.75 Å². The Morgan fingerprint density at radius 1 is 1.64 bits per heavy atom. The van der Waals surface area contributed by atoms with Crippen molar-refractivity contribution in [3.05, 3.63) is 0 Å². The van der Waals surface area contributed by atoms with Crippen LogP contribution in [0.1, 0.15) is 26.7 Å². The van der Waals surface area contributed by atoms with Crippen LogP contribution in [0.5, 0.6) is 0 Å². The summed E-state index contributed by atoms with van der Waals surface area (Å²) in [5.74, 6) is 2.84. The lowest BCUT2D eigenvalue weighted by Crippen LogP contribution is -2.21. The fourth-order valence-electron chi connectivity index (χ4n) is 1.18. The van der Waals surface area contributed by atoms with Gasteiger partial charge in [0.2, 0.25) is 0 Å². The number of hydrogen-bond donors (Lipinski definition) is 0. The summed E-state index contributed by atoms with van der Waals surface area (Å²) in [6, 6.07) is 0. The Morgan fingerprint density at radius 3 is 2.91 bits per heavy atom. The highest BCUT2D eigenvalue weighted by Gasteiger charge is 2.21. The fourth-order valence-corrected chi connectivity index (χ4v) is 4.94. The summed E-state index contributed by atoms with van der Waals surface area (Å²) in [6.07, 6.45) is 2.27. The van der Waals surface area contributed by atoms with E-state index >= 15 is 0 Å². The number of rotatable bonds is 2. The van der Waals surface area contributed by atoms with Gasteiger partial charge < -0.3 is 0 Å². The van der Waals surface area contributed by atoms with Crippen LogP contribution in [0.3, 0.4) is 0 Å². The minimum Gasteiger partial charge on any atom is -0.258 e. The second kappa shape index (κ2) is 4.51. The molecule has 2 atom stereocenters. The van der Waals surface area contributed by atoms with Gasteiger partial charge in [-0.25, -0.2) is 0 Å². The SMILES string of the molecule is CC(C)CC1SCCCS1=O. The van der Waals surface area contributed by atoms with Gasteiger partial charge in [-0.05, 0) is 24.5 Å². The summed E-state index contributed by atoms with van der Waals surface area (Å²) in [6.45, 7) is 4.40. The van der Waals surface area contributed by atoms with Crippen molar-refractivity contribution in [3.8, 4) is 0 Å². The molecule has 0 saturated carbocycles. The average molecular weight is 192 g/mol. The minimum atomic E-state index is -0.536. The second-order valence-electron chi connectivity index (χ2n) is 3.37. The van der Waals surface area contributed by atoms with E-state index in [0.717, 1.165) is 18.6 Å². The first-order chi connectivity index (χ1) is 5.20.